The lowest BCUT2D eigenvalue weighted by Crippen LogP contribution is -2.22. The summed E-state index contributed by atoms with van der Waals surface area (Å²) in [5.41, 5.74) is -1.45. The van der Waals surface area contributed by atoms with E-state index in [1.807, 2.05) is 0 Å². The lowest BCUT2D eigenvalue weighted by molar-refractivity contribution is -0.142. The highest BCUT2D eigenvalue weighted by molar-refractivity contribution is 5.41. The first-order chi connectivity index (χ1) is 6.89. The van der Waals surface area contributed by atoms with Crippen LogP contribution in [-0.4, -0.2) is 14.4 Å². The number of aromatic amines is 1. The fourth-order valence-corrected chi connectivity index (χ4v) is 1.34. The average Bonchev–Trinajstić information content (AvgIpc) is 2.45. The fourth-order valence-electron chi connectivity index (χ4n) is 1.34. The number of imidazole rings is 1. The Kier molecular flexibility index (Phi) is 1.85. The number of alkyl halides is 3. The van der Waals surface area contributed by atoms with Gasteiger partial charge >= 0.3 is 11.9 Å². The normalized spacial score (nSPS) is 12.3. The van der Waals surface area contributed by atoms with Crippen LogP contribution in [0.15, 0.2) is 17.1 Å². The van der Waals surface area contributed by atoms with Gasteiger partial charge in [0.2, 0.25) is 0 Å². The van der Waals surface area contributed by atoms with Crippen molar-refractivity contribution in [3.8, 4) is 0 Å². The number of hydrogen-bond donors (Lipinski definition) is 1. The van der Waals surface area contributed by atoms with Gasteiger partial charge < -0.3 is 4.98 Å². The molecule has 80 valence electrons. The maximum absolute atomic E-state index is 12.4. The Balaban J connectivity index is 2.87. The van der Waals surface area contributed by atoms with Gasteiger partial charge in [0.25, 0.3) is 0 Å². The summed E-state index contributed by atoms with van der Waals surface area (Å²) in [6.45, 7) is 1.57. The SMILES string of the molecule is Cc1cc2ncc(C(F)(F)F)n2c(=O)[nH]1. The Morgan fingerprint density at radius 2 is 2.13 bits per heavy atom. The van der Waals surface area contributed by atoms with Crippen LogP contribution < -0.4 is 5.69 Å². The highest BCUT2D eigenvalue weighted by Crippen LogP contribution is 2.28. The maximum atomic E-state index is 12.4. The van der Waals surface area contributed by atoms with Gasteiger partial charge in [-0.25, -0.2) is 14.2 Å². The summed E-state index contributed by atoms with van der Waals surface area (Å²) >= 11 is 0. The smallest absolute Gasteiger partial charge is 0.311 e. The predicted octanol–water partition coefficient (Wildman–Crippen LogP) is 1.35. The lowest BCUT2D eigenvalue weighted by Gasteiger charge is -2.04. The zero-order chi connectivity index (χ0) is 11.2. The topological polar surface area (TPSA) is 50.2 Å². The monoisotopic (exact) mass is 217 g/mol. The number of nitrogens with zero attached hydrogens (tertiary/aromatic N) is 2. The van der Waals surface area contributed by atoms with E-state index in [4.69, 9.17) is 0 Å². The molecule has 2 rings (SSSR count). The Morgan fingerprint density at radius 3 is 2.73 bits per heavy atom. The molecular weight excluding hydrogens is 211 g/mol. The van der Waals surface area contributed by atoms with Crippen molar-refractivity contribution in [1.82, 2.24) is 14.4 Å². The molecule has 2 heterocycles. The number of fused-ring (bicyclic) bond motifs is 1. The molecule has 0 radical (unpaired) electrons. The minimum Gasteiger partial charge on any atom is -0.311 e. The molecule has 0 saturated carbocycles. The van der Waals surface area contributed by atoms with Crippen molar-refractivity contribution in [3.63, 3.8) is 0 Å². The number of aryl methyl sites for hydroxylation is 1. The molecule has 1 N–H and O–H groups in total. The quantitative estimate of drug-likeness (QED) is 0.724. The molecule has 2 aromatic rings. The first-order valence-corrected chi connectivity index (χ1v) is 4.04. The summed E-state index contributed by atoms with van der Waals surface area (Å²) in [4.78, 5) is 17.1. The van der Waals surface area contributed by atoms with E-state index in [2.05, 4.69) is 9.97 Å². The molecule has 0 bridgehead atoms. The van der Waals surface area contributed by atoms with E-state index < -0.39 is 17.6 Å². The van der Waals surface area contributed by atoms with Crippen molar-refractivity contribution in [2.75, 3.05) is 0 Å². The summed E-state index contributed by atoms with van der Waals surface area (Å²) in [7, 11) is 0. The average molecular weight is 217 g/mol. The van der Waals surface area contributed by atoms with Gasteiger partial charge in [-0.05, 0) is 6.92 Å². The molecule has 0 aliphatic carbocycles. The molecule has 0 atom stereocenters. The second-order valence-corrected chi connectivity index (χ2v) is 3.09. The Hall–Kier alpha value is -1.79. The highest BCUT2D eigenvalue weighted by atomic mass is 19.4. The van der Waals surface area contributed by atoms with Crippen LogP contribution in [0.5, 0.6) is 0 Å². The van der Waals surface area contributed by atoms with E-state index in [0.717, 1.165) is 0 Å². The number of H-pyrrole nitrogens is 1. The van der Waals surface area contributed by atoms with Crippen LogP contribution in [0, 0.1) is 6.92 Å². The van der Waals surface area contributed by atoms with Crippen LogP contribution in [0.25, 0.3) is 5.65 Å². The molecule has 0 amide bonds. The molecular formula is C8H6F3N3O. The fraction of sp³-hybridized carbons (Fsp3) is 0.250. The van der Waals surface area contributed by atoms with Crippen molar-refractivity contribution in [3.05, 3.63) is 34.1 Å². The van der Waals surface area contributed by atoms with Gasteiger partial charge in [0.05, 0.1) is 6.20 Å². The second-order valence-electron chi connectivity index (χ2n) is 3.09. The van der Waals surface area contributed by atoms with Crippen molar-refractivity contribution in [2.24, 2.45) is 0 Å². The van der Waals surface area contributed by atoms with Gasteiger partial charge in [-0.2, -0.15) is 13.2 Å². The molecule has 0 unspecified atom stereocenters. The highest BCUT2D eigenvalue weighted by Gasteiger charge is 2.35. The van der Waals surface area contributed by atoms with Crippen LogP contribution in [0.4, 0.5) is 13.2 Å². The standard InChI is InChI=1S/C8H6F3N3O/c1-4-2-6-12-3-5(8(9,10)11)14(6)7(15)13-4/h2-3H,1H3,(H,13,15). The minimum atomic E-state index is -4.58. The molecule has 0 spiro atoms. The number of halogens is 3. The van der Waals surface area contributed by atoms with Crippen molar-refractivity contribution in [1.29, 1.82) is 0 Å². The predicted molar refractivity (Wildman–Crippen MR) is 45.6 cm³/mol. The molecule has 15 heavy (non-hydrogen) atoms. The number of hydrogen-bond acceptors (Lipinski definition) is 2. The van der Waals surface area contributed by atoms with Gasteiger partial charge in [-0.15, -0.1) is 0 Å². The third-order valence-electron chi connectivity index (χ3n) is 1.93. The van der Waals surface area contributed by atoms with Gasteiger partial charge in [0, 0.05) is 11.8 Å². The molecule has 0 fully saturated rings. The van der Waals surface area contributed by atoms with Gasteiger partial charge in [0.15, 0.2) is 5.69 Å². The maximum Gasteiger partial charge on any atom is 0.433 e. The number of aromatic nitrogens is 3. The third kappa shape index (κ3) is 1.49. The van der Waals surface area contributed by atoms with E-state index in [9.17, 15) is 18.0 Å². The first-order valence-electron chi connectivity index (χ1n) is 4.04. The minimum absolute atomic E-state index is 0.0106. The molecule has 0 aromatic carbocycles. The van der Waals surface area contributed by atoms with Crippen LogP contribution in [0.3, 0.4) is 0 Å². The van der Waals surface area contributed by atoms with E-state index in [-0.39, 0.29) is 5.65 Å². The summed E-state index contributed by atoms with van der Waals surface area (Å²) in [6.07, 6.45) is -3.94. The van der Waals surface area contributed by atoms with Crippen LogP contribution in [0.1, 0.15) is 11.4 Å². The largest absolute Gasteiger partial charge is 0.433 e. The van der Waals surface area contributed by atoms with Gasteiger partial charge in [-0.3, -0.25) is 0 Å². The Labute approximate surface area is 81.4 Å². The van der Waals surface area contributed by atoms with Crippen molar-refractivity contribution in [2.45, 2.75) is 13.1 Å². The van der Waals surface area contributed by atoms with E-state index >= 15 is 0 Å². The number of rotatable bonds is 0. The first kappa shape index (κ1) is 9.75. The summed E-state index contributed by atoms with van der Waals surface area (Å²) in [5, 5.41) is 0. The molecule has 0 saturated heterocycles. The van der Waals surface area contributed by atoms with Crippen LogP contribution in [-0.2, 0) is 6.18 Å². The molecule has 0 aliphatic rings. The summed E-state index contributed by atoms with van der Waals surface area (Å²) < 4.78 is 37.8. The zero-order valence-electron chi connectivity index (χ0n) is 7.59. The van der Waals surface area contributed by atoms with Crippen molar-refractivity contribution < 1.29 is 13.2 Å². The van der Waals surface area contributed by atoms with E-state index in [0.29, 0.717) is 16.3 Å². The van der Waals surface area contributed by atoms with E-state index in [1.54, 1.807) is 6.92 Å². The van der Waals surface area contributed by atoms with Crippen LogP contribution >= 0.6 is 0 Å². The molecule has 0 aliphatic heterocycles. The Bertz CT molecular complexity index is 566. The molecule has 4 nitrogen and oxygen atoms in total. The molecule has 2 aromatic heterocycles. The van der Waals surface area contributed by atoms with Crippen LogP contribution in [0.2, 0.25) is 0 Å². The van der Waals surface area contributed by atoms with Crippen molar-refractivity contribution >= 4 is 5.65 Å². The lowest BCUT2D eigenvalue weighted by atomic mass is 10.4. The summed E-state index contributed by atoms with van der Waals surface area (Å²) in [5.74, 6) is 0. The Morgan fingerprint density at radius 1 is 1.47 bits per heavy atom. The van der Waals surface area contributed by atoms with E-state index in [1.165, 1.54) is 6.07 Å². The summed E-state index contributed by atoms with van der Waals surface area (Å²) in [6, 6.07) is 1.37. The third-order valence-corrected chi connectivity index (χ3v) is 1.93. The van der Waals surface area contributed by atoms with Gasteiger partial charge in [0.1, 0.15) is 5.65 Å². The second kappa shape index (κ2) is 2.85. The molecule has 7 heteroatoms. The zero-order valence-corrected chi connectivity index (χ0v) is 7.59. The van der Waals surface area contributed by atoms with Gasteiger partial charge in [-0.1, -0.05) is 0 Å². The number of nitrogens with one attached hydrogen (secondary N) is 1.